The second kappa shape index (κ2) is 7.69. The minimum Gasteiger partial charge on any atom is -0.361 e. The summed E-state index contributed by atoms with van der Waals surface area (Å²) in [5.41, 5.74) is 0.130. The predicted octanol–water partition coefficient (Wildman–Crippen LogP) is 3.74. The van der Waals surface area contributed by atoms with E-state index in [1.807, 2.05) is 6.07 Å². The lowest BCUT2D eigenvalue weighted by Crippen LogP contribution is -2.41. The highest BCUT2D eigenvalue weighted by atomic mass is 35.5. The molecule has 1 aromatic rings. The van der Waals surface area contributed by atoms with Crippen molar-refractivity contribution in [2.75, 3.05) is 18.2 Å². The van der Waals surface area contributed by atoms with Gasteiger partial charge in [-0.1, -0.05) is 31.2 Å². The molecule has 1 atom stereocenters. The van der Waals surface area contributed by atoms with Crippen molar-refractivity contribution in [1.82, 2.24) is 0 Å². The molecule has 25 heavy (non-hydrogen) atoms. The quantitative estimate of drug-likeness (QED) is 0.392. The van der Waals surface area contributed by atoms with E-state index in [2.05, 4.69) is 19.6 Å². The highest BCUT2D eigenvalue weighted by molar-refractivity contribution is 6.76. The number of hydrogen-bond donors (Lipinski definition) is 0. The Morgan fingerprint density at radius 2 is 2.12 bits per heavy atom. The topological polar surface area (TPSA) is 70.4 Å². The van der Waals surface area contributed by atoms with E-state index in [0.29, 0.717) is 29.2 Å². The summed E-state index contributed by atoms with van der Waals surface area (Å²) in [6.07, 6.45) is 0.580. The Morgan fingerprint density at radius 3 is 2.72 bits per heavy atom. The number of nitriles is 1. The van der Waals surface area contributed by atoms with Gasteiger partial charge in [-0.3, -0.25) is 9.69 Å². The molecule has 5 nitrogen and oxygen atoms in total. The fraction of sp³-hybridized carbons (Fsp3) is 0.500. The summed E-state index contributed by atoms with van der Waals surface area (Å²) < 4.78 is 5.74. The van der Waals surface area contributed by atoms with Crippen LogP contribution in [-0.2, 0) is 19.7 Å². The van der Waals surface area contributed by atoms with Crippen molar-refractivity contribution in [3.05, 3.63) is 28.8 Å². The smallest absolute Gasteiger partial charge is 0.241 e. The summed E-state index contributed by atoms with van der Waals surface area (Å²) in [6.45, 7) is 7.48. The van der Waals surface area contributed by atoms with E-state index >= 15 is 0 Å². The van der Waals surface area contributed by atoms with Gasteiger partial charge < -0.3 is 9.53 Å². The number of halogens is 1. The van der Waals surface area contributed by atoms with E-state index in [4.69, 9.17) is 16.3 Å². The number of hydrogen-bond acceptors (Lipinski definition) is 4. The lowest BCUT2D eigenvalue weighted by Gasteiger charge is -2.24. The lowest BCUT2D eigenvalue weighted by atomic mass is 9.76. The molecule has 0 saturated heterocycles. The number of aldehydes is 1. The zero-order chi connectivity index (χ0) is 18.7. The first-order valence-corrected chi connectivity index (χ1v) is 12.3. The van der Waals surface area contributed by atoms with Gasteiger partial charge in [-0.15, -0.1) is 0 Å². The van der Waals surface area contributed by atoms with E-state index in [1.54, 1.807) is 18.2 Å². The maximum Gasteiger partial charge on any atom is 0.241 e. The Labute approximate surface area is 154 Å². The van der Waals surface area contributed by atoms with Crippen molar-refractivity contribution in [2.24, 2.45) is 0 Å². The normalized spacial score (nSPS) is 19.6. The fourth-order valence-corrected chi connectivity index (χ4v) is 3.92. The Balaban J connectivity index is 2.30. The molecule has 1 heterocycles. The molecule has 0 aromatic heterocycles. The molecule has 1 aliphatic heterocycles. The number of fused-ring (bicyclic) bond motifs is 1. The van der Waals surface area contributed by atoms with Gasteiger partial charge in [-0.2, -0.15) is 5.26 Å². The molecule has 2 rings (SSSR count). The minimum absolute atomic E-state index is 0.0435. The number of amides is 1. The molecule has 1 aliphatic rings. The van der Waals surface area contributed by atoms with Crippen LogP contribution in [0.4, 0.5) is 5.69 Å². The summed E-state index contributed by atoms with van der Waals surface area (Å²) in [5, 5.41) is 9.70. The molecule has 1 amide bonds. The Kier molecular flexibility index (Phi) is 6.04. The molecule has 1 unspecified atom stereocenters. The fourth-order valence-electron chi connectivity index (χ4n) is 2.99. The second-order valence-corrected chi connectivity index (χ2v) is 13.6. The maximum absolute atomic E-state index is 13.1. The molecular formula is C18H23ClN2O3Si. The number of carbonyl (C=O) groups excluding carboxylic acids is 2. The number of nitrogens with zero attached hydrogens (tertiary/aromatic N) is 2. The van der Waals surface area contributed by atoms with Crippen LogP contribution < -0.4 is 4.90 Å². The molecule has 0 bridgehead atoms. The number of anilines is 1. The molecule has 0 N–H and O–H groups in total. The van der Waals surface area contributed by atoms with E-state index in [0.717, 1.165) is 6.04 Å². The lowest BCUT2D eigenvalue weighted by molar-refractivity contribution is -0.126. The Bertz CT molecular complexity index is 711. The number of rotatable bonds is 8. The minimum atomic E-state index is -1.22. The molecule has 0 aliphatic carbocycles. The van der Waals surface area contributed by atoms with Crippen LogP contribution in [0.2, 0.25) is 30.7 Å². The van der Waals surface area contributed by atoms with Gasteiger partial charge >= 0.3 is 0 Å². The van der Waals surface area contributed by atoms with Crippen molar-refractivity contribution in [2.45, 2.75) is 43.9 Å². The highest BCUT2D eigenvalue weighted by Crippen LogP contribution is 2.46. The summed E-state index contributed by atoms with van der Waals surface area (Å²) >= 11 is 6.10. The van der Waals surface area contributed by atoms with Gasteiger partial charge in [0.25, 0.3) is 0 Å². The monoisotopic (exact) mass is 378 g/mol. The third-order valence-corrected chi connectivity index (χ3v) is 6.39. The van der Waals surface area contributed by atoms with Crippen LogP contribution in [0.25, 0.3) is 0 Å². The van der Waals surface area contributed by atoms with E-state index in [1.165, 1.54) is 4.90 Å². The van der Waals surface area contributed by atoms with Crippen molar-refractivity contribution in [3.8, 4) is 6.07 Å². The highest BCUT2D eigenvalue weighted by Gasteiger charge is 2.50. The molecule has 7 heteroatoms. The summed E-state index contributed by atoms with van der Waals surface area (Å²) in [5.74, 6) is -0.272. The van der Waals surface area contributed by atoms with Crippen molar-refractivity contribution < 1.29 is 14.3 Å². The zero-order valence-electron chi connectivity index (χ0n) is 14.8. The van der Waals surface area contributed by atoms with Gasteiger partial charge in [-0.05, 0) is 29.8 Å². The standard InChI is InChI=1S/C18H23ClN2O3Si/c1-25(2,3)11-10-24-13-21-16-5-4-14(19)12-15(16)18(6-8-20,7-9-22)17(21)23/h4-5,9,12H,6-7,10-11,13H2,1-3H3. The van der Waals surface area contributed by atoms with Crippen LogP contribution in [0.1, 0.15) is 18.4 Å². The Morgan fingerprint density at radius 1 is 1.40 bits per heavy atom. The first-order chi connectivity index (χ1) is 11.7. The van der Waals surface area contributed by atoms with Crippen molar-refractivity contribution in [1.29, 1.82) is 5.26 Å². The summed E-state index contributed by atoms with van der Waals surface area (Å²) in [4.78, 5) is 25.8. The molecule has 1 aromatic carbocycles. The summed E-state index contributed by atoms with van der Waals surface area (Å²) in [6, 6.07) is 8.18. The van der Waals surface area contributed by atoms with Crippen molar-refractivity contribution >= 4 is 37.6 Å². The largest absolute Gasteiger partial charge is 0.361 e. The first-order valence-electron chi connectivity index (χ1n) is 8.25. The van der Waals surface area contributed by atoms with E-state index < -0.39 is 13.5 Å². The Hall–Kier alpha value is -1.68. The number of carbonyl (C=O) groups is 2. The zero-order valence-corrected chi connectivity index (χ0v) is 16.6. The molecule has 134 valence electrons. The van der Waals surface area contributed by atoms with E-state index in [-0.39, 0.29) is 25.5 Å². The maximum atomic E-state index is 13.1. The second-order valence-electron chi connectivity index (χ2n) is 7.53. The third-order valence-electron chi connectivity index (χ3n) is 4.45. The van der Waals surface area contributed by atoms with Gasteiger partial charge in [0, 0.05) is 26.1 Å². The number of ether oxygens (including phenoxy) is 1. The third kappa shape index (κ3) is 4.11. The van der Waals surface area contributed by atoms with Crippen LogP contribution in [0.3, 0.4) is 0 Å². The number of benzene rings is 1. The molecule has 0 radical (unpaired) electrons. The summed E-state index contributed by atoms with van der Waals surface area (Å²) in [7, 11) is -1.22. The van der Waals surface area contributed by atoms with Crippen LogP contribution >= 0.6 is 11.6 Å². The van der Waals surface area contributed by atoms with Gasteiger partial charge in [0.1, 0.15) is 13.0 Å². The molecule has 0 spiro atoms. The molecule has 0 fully saturated rings. The van der Waals surface area contributed by atoms with Crippen molar-refractivity contribution in [3.63, 3.8) is 0 Å². The molecular weight excluding hydrogens is 356 g/mol. The van der Waals surface area contributed by atoms with E-state index in [9.17, 15) is 14.9 Å². The van der Waals surface area contributed by atoms with Gasteiger partial charge in [-0.25, -0.2) is 0 Å². The van der Waals surface area contributed by atoms with Crippen LogP contribution in [0, 0.1) is 11.3 Å². The van der Waals surface area contributed by atoms with Crippen LogP contribution in [0.5, 0.6) is 0 Å². The average Bonchev–Trinajstić information content (AvgIpc) is 2.73. The van der Waals surface area contributed by atoms with Crippen LogP contribution in [0.15, 0.2) is 18.2 Å². The molecule has 0 saturated carbocycles. The van der Waals surface area contributed by atoms with Gasteiger partial charge in [0.15, 0.2) is 0 Å². The first kappa shape index (κ1) is 19.6. The van der Waals surface area contributed by atoms with Gasteiger partial charge in [0.05, 0.1) is 23.6 Å². The average molecular weight is 379 g/mol. The predicted molar refractivity (Wildman–Crippen MR) is 100 cm³/mol. The van der Waals surface area contributed by atoms with Gasteiger partial charge in [0.2, 0.25) is 5.91 Å². The SMILES string of the molecule is C[Si](C)(C)CCOCN1C(=O)C(CC#N)(CC=O)c2cc(Cl)ccc21. The van der Waals surface area contributed by atoms with Crippen LogP contribution in [-0.4, -0.2) is 33.6 Å².